The molecule has 1 saturated heterocycles. The van der Waals surface area contributed by atoms with E-state index in [2.05, 4.69) is 27.9 Å². The Morgan fingerprint density at radius 2 is 1.00 bits per heavy atom. The van der Waals surface area contributed by atoms with E-state index in [1.54, 1.807) is 14.7 Å². The third-order valence-corrected chi connectivity index (χ3v) is 5.60. The van der Waals surface area contributed by atoms with Crippen LogP contribution in [0.5, 0.6) is 0 Å². The van der Waals surface area contributed by atoms with Crippen molar-refractivity contribution in [3.05, 3.63) is 0 Å². The molecule has 196 valence electrons. The van der Waals surface area contributed by atoms with Crippen LogP contribution in [0.3, 0.4) is 0 Å². The molecule has 0 saturated carbocycles. The summed E-state index contributed by atoms with van der Waals surface area (Å²) in [6.07, 6.45) is 0. The van der Waals surface area contributed by atoms with Gasteiger partial charge in [0.1, 0.15) is 0 Å². The van der Waals surface area contributed by atoms with E-state index in [1.165, 1.54) is 0 Å². The van der Waals surface area contributed by atoms with Crippen LogP contribution < -0.4 is 5.32 Å². The van der Waals surface area contributed by atoms with Crippen molar-refractivity contribution >= 4 is 46.4 Å². The predicted molar refractivity (Wildman–Crippen MR) is 131 cm³/mol. The van der Waals surface area contributed by atoms with Crippen LogP contribution in [0.15, 0.2) is 0 Å². The summed E-state index contributed by atoms with van der Waals surface area (Å²) in [4.78, 5) is 53.2. The van der Waals surface area contributed by atoms with Gasteiger partial charge in [-0.2, -0.15) is 0 Å². The number of amides is 1. The first-order valence-electron chi connectivity index (χ1n) is 11.1. The Morgan fingerprint density at radius 3 is 1.32 bits per heavy atom. The van der Waals surface area contributed by atoms with E-state index in [4.69, 9.17) is 4.74 Å². The molecule has 0 aromatic rings. The zero-order chi connectivity index (χ0) is 25.3. The van der Waals surface area contributed by atoms with Crippen molar-refractivity contribution in [2.75, 3.05) is 103 Å². The van der Waals surface area contributed by atoms with Crippen LogP contribution in [0.25, 0.3) is 0 Å². The summed E-state index contributed by atoms with van der Waals surface area (Å²) < 4.78 is 6.22. The lowest BCUT2D eigenvalue weighted by molar-refractivity contribution is -0.140. The molecule has 0 aromatic heterocycles. The molecule has 1 aliphatic rings. The fourth-order valence-electron chi connectivity index (χ4n) is 3.46. The summed E-state index contributed by atoms with van der Waals surface area (Å²) in [5.74, 6) is -3.16. The quantitative estimate of drug-likeness (QED) is 0.105. The SMILES string of the molecule is O=C(O)CN1CCN(CC(=O)O)CCN(CC(=O)NCCOCCI)CCN(CC(=O)O)CC1. The normalized spacial score (nSPS) is 18.0. The van der Waals surface area contributed by atoms with Crippen LogP contribution >= 0.6 is 22.6 Å². The van der Waals surface area contributed by atoms with E-state index in [-0.39, 0.29) is 32.1 Å². The van der Waals surface area contributed by atoms with E-state index in [0.717, 1.165) is 4.43 Å². The van der Waals surface area contributed by atoms with Gasteiger partial charge >= 0.3 is 17.9 Å². The Balaban J connectivity index is 2.82. The van der Waals surface area contributed by atoms with Crippen LogP contribution in [0.4, 0.5) is 0 Å². The fraction of sp³-hybridized carbons (Fsp3) is 0.800. The molecule has 1 aliphatic heterocycles. The van der Waals surface area contributed by atoms with Crippen molar-refractivity contribution in [1.29, 1.82) is 0 Å². The molecule has 34 heavy (non-hydrogen) atoms. The predicted octanol–water partition coefficient (Wildman–Crippen LogP) is -1.97. The van der Waals surface area contributed by atoms with Gasteiger partial charge in [0.15, 0.2) is 0 Å². The number of nitrogens with zero attached hydrogens (tertiary/aromatic N) is 4. The summed E-state index contributed by atoms with van der Waals surface area (Å²) >= 11 is 2.20. The third-order valence-electron chi connectivity index (χ3n) is 5.16. The number of rotatable bonds is 13. The van der Waals surface area contributed by atoms with Gasteiger partial charge in [0.25, 0.3) is 0 Å². The second-order valence-corrected chi connectivity index (χ2v) is 9.02. The van der Waals surface area contributed by atoms with Crippen LogP contribution in [0.1, 0.15) is 0 Å². The molecule has 0 atom stereocenters. The lowest BCUT2D eigenvalue weighted by Crippen LogP contribution is -2.50. The average Bonchev–Trinajstić information content (AvgIpc) is 2.74. The number of carbonyl (C=O) groups is 4. The van der Waals surface area contributed by atoms with Crippen LogP contribution in [-0.2, 0) is 23.9 Å². The minimum atomic E-state index is -1.00. The van der Waals surface area contributed by atoms with Crippen molar-refractivity contribution in [2.24, 2.45) is 0 Å². The Kier molecular flexibility index (Phi) is 15.9. The molecule has 13 nitrogen and oxygen atoms in total. The minimum absolute atomic E-state index is 0.0965. The number of hydrogen-bond donors (Lipinski definition) is 4. The topological polar surface area (TPSA) is 163 Å². The molecule has 4 N–H and O–H groups in total. The number of hydrogen-bond acceptors (Lipinski definition) is 9. The Labute approximate surface area is 213 Å². The van der Waals surface area contributed by atoms with Crippen molar-refractivity contribution < 1.29 is 39.2 Å². The first-order chi connectivity index (χ1) is 16.2. The monoisotopic (exact) mass is 601 g/mol. The molecule has 0 unspecified atom stereocenters. The molecule has 1 amide bonds. The highest BCUT2D eigenvalue weighted by atomic mass is 127. The molecule has 0 radical (unpaired) electrons. The average molecular weight is 601 g/mol. The maximum Gasteiger partial charge on any atom is 0.317 e. The van der Waals surface area contributed by atoms with Gasteiger partial charge in [-0.3, -0.25) is 38.8 Å². The molecule has 1 rings (SSSR count). The number of ether oxygens (including phenoxy) is 1. The van der Waals surface area contributed by atoms with E-state index in [0.29, 0.717) is 72.1 Å². The van der Waals surface area contributed by atoms with Gasteiger partial charge in [-0.05, 0) is 0 Å². The maximum absolute atomic E-state index is 12.4. The lowest BCUT2D eigenvalue weighted by atomic mass is 10.3. The summed E-state index contributed by atoms with van der Waals surface area (Å²) in [5, 5.41) is 30.5. The zero-order valence-corrected chi connectivity index (χ0v) is 21.5. The smallest absolute Gasteiger partial charge is 0.317 e. The number of carboxylic acid groups (broad SMARTS) is 3. The molecule has 0 spiro atoms. The number of carboxylic acids is 3. The van der Waals surface area contributed by atoms with Crippen molar-refractivity contribution in [3.63, 3.8) is 0 Å². The number of alkyl halides is 1. The van der Waals surface area contributed by atoms with Gasteiger partial charge in [-0.25, -0.2) is 0 Å². The first-order valence-corrected chi connectivity index (χ1v) is 12.7. The molecule has 0 aliphatic carbocycles. The molecular formula is C20H36IN5O8. The summed E-state index contributed by atoms with van der Waals surface area (Å²) in [7, 11) is 0. The van der Waals surface area contributed by atoms with E-state index < -0.39 is 17.9 Å². The summed E-state index contributed by atoms with van der Waals surface area (Å²) in [5.41, 5.74) is 0. The van der Waals surface area contributed by atoms with Crippen LogP contribution in [-0.4, -0.2) is 161 Å². The highest BCUT2D eigenvalue weighted by Crippen LogP contribution is 2.01. The molecular weight excluding hydrogens is 565 g/mol. The molecule has 1 heterocycles. The second-order valence-electron chi connectivity index (χ2n) is 7.94. The van der Waals surface area contributed by atoms with Gasteiger partial charge in [0.2, 0.25) is 5.91 Å². The molecule has 0 aromatic carbocycles. The van der Waals surface area contributed by atoms with Gasteiger partial charge in [0.05, 0.1) is 39.4 Å². The summed E-state index contributed by atoms with van der Waals surface area (Å²) in [6.45, 7) is 3.82. The van der Waals surface area contributed by atoms with Gasteiger partial charge in [-0.15, -0.1) is 0 Å². The maximum atomic E-state index is 12.4. The van der Waals surface area contributed by atoms with E-state index in [9.17, 15) is 34.5 Å². The number of halogens is 1. The van der Waals surface area contributed by atoms with Gasteiger partial charge < -0.3 is 25.4 Å². The van der Waals surface area contributed by atoms with Crippen molar-refractivity contribution in [1.82, 2.24) is 24.9 Å². The fourth-order valence-corrected chi connectivity index (χ4v) is 3.77. The number of aliphatic carboxylic acids is 3. The zero-order valence-electron chi connectivity index (χ0n) is 19.4. The summed E-state index contributed by atoms with van der Waals surface area (Å²) in [6, 6.07) is 0. The third kappa shape index (κ3) is 15.3. The number of carbonyl (C=O) groups excluding carboxylic acids is 1. The van der Waals surface area contributed by atoms with E-state index >= 15 is 0 Å². The van der Waals surface area contributed by atoms with Crippen LogP contribution in [0.2, 0.25) is 0 Å². The minimum Gasteiger partial charge on any atom is -0.480 e. The Morgan fingerprint density at radius 1 is 0.647 bits per heavy atom. The second kappa shape index (κ2) is 17.8. The standard InChI is InChI=1S/C20H36IN5O8/c21-1-11-34-12-2-22-17(27)13-23-3-5-24(14-18(28)29)7-9-26(16-20(32)33)10-8-25(6-4-23)15-19(30)31/h1-16H2,(H,22,27)(H,28,29)(H,30,31)(H,32,33). The first kappa shape index (κ1) is 30.4. The van der Waals surface area contributed by atoms with Crippen molar-refractivity contribution in [3.8, 4) is 0 Å². The highest BCUT2D eigenvalue weighted by Gasteiger charge is 2.21. The van der Waals surface area contributed by atoms with E-state index in [1.807, 2.05) is 4.90 Å². The van der Waals surface area contributed by atoms with Gasteiger partial charge in [-0.1, -0.05) is 22.6 Å². The van der Waals surface area contributed by atoms with Crippen molar-refractivity contribution in [2.45, 2.75) is 0 Å². The molecule has 14 heteroatoms. The lowest BCUT2D eigenvalue weighted by Gasteiger charge is -2.32. The van der Waals surface area contributed by atoms with Crippen LogP contribution in [0, 0.1) is 0 Å². The Hall–Kier alpha value is -1.59. The van der Waals surface area contributed by atoms with Gasteiger partial charge in [0, 0.05) is 63.3 Å². The Bertz CT molecular complexity index is 624. The molecule has 0 bridgehead atoms. The molecule has 1 fully saturated rings. The largest absolute Gasteiger partial charge is 0.480 e. The number of nitrogens with one attached hydrogen (secondary N) is 1. The highest BCUT2D eigenvalue weighted by molar-refractivity contribution is 14.1.